The van der Waals surface area contributed by atoms with Crippen molar-refractivity contribution in [3.63, 3.8) is 0 Å². The largest absolute Gasteiger partial charge is 0.488 e. The molecule has 0 bridgehead atoms. The molecule has 0 aliphatic rings. The monoisotopic (exact) mass is 391 g/mol. The van der Waals surface area contributed by atoms with Gasteiger partial charge in [-0.25, -0.2) is 9.48 Å². The second-order valence-electron chi connectivity index (χ2n) is 5.32. The molecule has 10 heteroatoms. The Bertz CT molecular complexity index is 1000. The van der Waals surface area contributed by atoms with Gasteiger partial charge in [-0.2, -0.15) is 13.5 Å². The van der Waals surface area contributed by atoms with E-state index in [4.69, 9.17) is 4.74 Å². The van der Waals surface area contributed by atoms with E-state index in [1.165, 1.54) is 24.3 Å². The van der Waals surface area contributed by atoms with Gasteiger partial charge in [0.25, 0.3) is 0 Å². The number of carbonyl (C=O) groups is 1. The van der Waals surface area contributed by atoms with Gasteiger partial charge >= 0.3 is 16.6 Å². The van der Waals surface area contributed by atoms with Crippen LogP contribution in [0.1, 0.15) is 5.56 Å². The number of hydrogen-bond donors (Lipinski definition) is 1. The summed E-state index contributed by atoms with van der Waals surface area (Å²) in [6.45, 7) is 0.0620. The maximum Gasteiger partial charge on any atom is 0.488 e. The normalized spacial score (nSPS) is 11.0. The van der Waals surface area contributed by atoms with Crippen LogP contribution < -0.4 is 9.50 Å². The van der Waals surface area contributed by atoms with Crippen molar-refractivity contribution in [1.82, 2.24) is 9.78 Å². The first-order valence-electron chi connectivity index (χ1n) is 7.66. The molecule has 27 heavy (non-hydrogen) atoms. The average molecular weight is 391 g/mol. The lowest BCUT2D eigenvalue weighted by Gasteiger charge is -2.08. The minimum atomic E-state index is -5.09. The molecule has 1 heterocycles. The highest BCUT2D eigenvalue weighted by Gasteiger charge is 2.10. The number of aromatic nitrogens is 2. The zero-order chi connectivity index (χ0) is 19.3. The lowest BCUT2D eigenvalue weighted by Crippen LogP contribution is -2.13. The van der Waals surface area contributed by atoms with Crippen molar-refractivity contribution in [2.45, 2.75) is 6.61 Å². The van der Waals surface area contributed by atoms with Crippen LogP contribution in [0.25, 0.3) is 5.69 Å². The molecule has 0 radical (unpaired) electrons. The second kappa shape index (κ2) is 7.87. The van der Waals surface area contributed by atoms with Crippen molar-refractivity contribution < 1.29 is 26.0 Å². The fraction of sp³-hybridized carbons (Fsp3) is 0.0588. The molecular formula is C17H14FN3O5S. The maximum absolute atomic E-state index is 12.4. The lowest BCUT2D eigenvalue weighted by molar-refractivity contribution is 0.155. The van der Waals surface area contributed by atoms with Gasteiger partial charge in [0.15, 0.2) is 0 Å². The smallest absolute Gasteiger partial charge is 0.444 e. The first-order chi connectivity index (χ1) is 12.9. The first-order valence-corrected chi connectivity index (χ1v) is 8.97. The summed E-state index contributed by atoms with van der Waals surface area (Å²) in [5, 5.41) is 6.58. The zero-order valence-corrected chi connectivity index (χ0v) is 14.6. The molecule has 0 spiro atoms. The van der Waals surface area contributed by atoms with Gasteiger partial charge in [0.1, 0.15) is 12.4 Å². The molecule has 3 rings (SSSR count). The van der Waals surface area contributed by atoms with Crippen LogP contribution in [0, 0.1) is 0 Å². The molecule has 0 fully saturated rings. The lowest BCUT2D eigenvalue weighted by atomic mass is 10.2. The van der Waals surface area contributed by atoms with Crippen LogP contribution in [0.2, 0.25) is 0 Å². The Balaban J connectivity index is 1.51. The number of halogens is 1. The van der Waals surface area contributed by atoms with E-state index in [-0.39, 0.29) is 12.4 Å². The van der Waals surface area contributed by atoms with Gasteiger partial charge in [-0.3, -0.25) is 5.32 Å². The summed E-state index contributed by atoms with van der Waals surface area (Å²) in [5.74, 6) is -0.214. The predicted molar refractivity (Wildman–Crippen MR) is 94.5 cm³/mol. The molecule has 0 aliphatic heterocycles. The molecule has 0 aliphatic carbocycles. The number of benzene rings is 2. The summed E-state index contributed by atoms with van der Waals surface area (Å²) in [5.41, 5.74) is 2.00. The van der Waals surface area contributed by atoms with Gasteiger partial charge in [0.05, 0.1) is 5.69 Å². The van der Waals surface area contributed by atoms with E-state index in [0.717, 1.165) is 11.3 Å². The number of nitrogens with zero attached hydrogens (tertiary/aromatic N) is 2. The number of ether oxygens (including phenoxy) is 1. The molecular weight excluding hydrogens is 377 g/mol. The summed E-state index contributed by atoms with van der Waals surface area (Å²) < 4.78 is 44.1. The first kappa shape index (κ1) is 18.4. The zero-order valence-electron chi connectivity index (χ0n) is 13.8. The highest BCUT2D eigenvalue weighted by molar-refractivity contribution is 7.81. The number of anilines is 1. The van der Waals surface area contributed by atoms with Crippen LogP contribution in [-0.2, 0) is 21.8 Å². The highest BCUT2D eigenvalue weighted by Crippen LogP contribution is 2.18. The molecule has 8 nitrogen and oxygen atoms in total. The molecule has 0 atom stereocenters. The van der Waals surface area contributed by atoms with Gasteiger partial charge in [-0.15, -0.1) is 0 Å². The maximum atomic E-state index is 12.4. The molecule has 0 unspecified atom stereocenters. The predicted octanol–water partition coefficient (Wildman–Crippen LogP) is 3.21. The third-order valence-corrected chi connectivity index (χ3v) is 3.76. The highest BCUT2D eigenvalue weighted by atomic mass is 32.3. The summed E-state index contributed by atoms with van der Waals surface area (Å²) in [7, 11) is -5.09. The molecule has 1 amide bonds. The second-order valence-corrected chi connectivity index (χ2v) is 6.27. The van der Waals surface area contributed by atoms with E-state index >= 15 is 0 Å². The van der Waals surface area contributed by atoms with Crippen LogP contribution in [0.4, 0.5) is 14.4 Å². The molecule has 1 N–H and O–H groups in total. The Kier molecular flexibility index (Phi) is 5.36. The topological polar surface area (TPSA) is 99.5 Å². The Hall–Kier alpha value is -3.40. The summed E-state index contributed by atoms with van der Waals surface area (Å²) in [4.78, 5) is 11.8. The van der Waals surface area contributed by atoms with E-state index in [9.17, 15) is 17.1 Å². The standard InChI is InChI=1S/C17H14FN3O5S/c18-27(23,24)26-16-8-4-14(5-9-16)20-17(22)25-12-13-2-6-15(7-3-13)21-11-1-10-19-21/h1-11H,12H2,(H,20,22). The fourth-order valence-corrected chi connectivity index (χ4v) is 2.52. The van der Waals surface area contributed by atoms with E-state index in [1.54, 1.807) is 10.9 Å². The van der Waals surface area contributed by atoms with Crippen molar-refractivity contribution in [2.75, 3.05) is 5.32 Å². The van der Waals surface area contributed by atoms with Crippen molar-refractivity contribution in [3.8, 4) is 11.4 Å². The van der Waals surface area contributed by atoms with Gasteiger partial charge in [0.2, 0.25) is 0 Å². The molecule has 1 aromatic heterocycles. The molecule has 140 valence electrons. The molecule has 3 aromatic rings. The molecule has 0 saturated heterocycles. The van der Waals surface area contributed by atoms with Gasteiger partial charge in [-0.1, -0.05) is 16.0 Å². The van der Waals surface area contributed by atoms with Crippen LogP contribution in [0.5, 0.6) is 5.75 Å². The minimum absolute atomic E-state index is 0.0620. The van der Waals surface area contributed by atoms with Gasteiger partial charge in [-0.05, 0) is 48.0 Å². The Labute approximate surface area is 154 Å². The van der Waals surface area contributed by atoms with Crippen LogP contribution in [0.3, 0.4) is 0 Å². The molecule has 2 aromatic carbocycles. The fourth-order valence-electron chi connectivity index (χ4n) is 2.18. The number of nitrogens with one attached hydrogen (secondary N) is 1. The van der Waals surface area contributed by atoms with Crippen molar-refractivity contribution >= 4 is 22.3 Å². The SMILES string of the molecule is O=C(Nc1ccc(OS(=O)(=O)F)cc1)OCc1ccc(-n2cccn2)cc1. The van der Waals surface area contributed by atoms with Crippen LogP contribution >= 0.6 is 0 Å². The van der Waals surface area contributed by atoms with Gasteiger partial charge in [0, 0.05) is 18.1 Å². The quantitative estimate of drug-likeness (QED) is 0.648. The Morgan fingerprint density at radius 1 is 1.11 bits per heavy atom. The van der Waals surface area contributed by atoms with Crippen LogP contribution in [-0.4, -0.2) is 24.3 Å². The Morgan fingerprint density at radius 3 is 2.41 bits per heavy atom. The number of amides is 1. The van der Waals surface area contributed by atoms with Crippen molar-refractivity contribution in [3.05, 3.63) is 72.6 Å². The summed E-state index contributed by atoms with van der Waals surface area (Å²) >= 11 is 0. The van der Waals surface area contributed by atoms with E-state index in [1.807, 2.05) is 36.5 Å². The van der Waals surface area contributed by atoms with Crippen molar-refractivity contribution in [1.29, 1.82) is 0 Å². The average Bonchev–Trinajstić information content (AvgIpc) is 3.16. The Morgan fingerprint density at radius 2 is 1.81 bits per heavy atom. The van der Waals surface area contributed by atoms with E-state index in [0.29, 0.717) is 5.69 Å². The van der Waals surface area contributed by atoms with E-state index < -0.39 is 16.6 Å². The van der Waals surface area contributed by atoms with Gasteiger partial charge < -0.3 is 8.92 Å². The third kappa shape index (κ3) is 5.54. The number of hydrogen-bond acceptors (Lipinski definition) is 6. The van der Waals surface area contributed by atoms with E-state index in [2.05, 4.69) is 14.6 Å². The van der Waals surface area contributed by atoms with Crippen molar-refractivity contribution in [2.24, 2.45) is 0 Å². The summed E-state index contributed by atoms with van der Waals surface area (Å²) in [6.07, 6.45) is 2.80. The molecule has 0 saturated carbocycles. The number of rotatable bonds is 6. The minimum Gasteiger partial charge on any atom is -0.444 e. The summed E-state index contributed by atoms with van der Waals surface area (Å²) in [6, 6.07) is 14.2. The third-order valence-electron chi connectivity index (χ3n) is 3.37. The van der Waals surface area contributed by atoms with Crippen LogP contribution in [0.15, 0.2) is 67.0 Å². The number of carbonyl (C=O) groups excluding carboxylic acids is 1.